The van der Waals surface area contributed by atoms with E-state index in [1.54, 1.807) is 7.11 Å². The van der Waals surface area contributed by atoms with Gasteiger partial charge in [-0.15, -0.1) is 0 Å². The van der Waals surface area contributed by atoms with Gasteiger partial charge in [0.15, 0.2) is 23.3 Å². The highest BCUT2D eigenvalue weighted by Crippen LogP contribution is 2.70. The third-order valence-electron chi connectivity index (χ3n) is 17.4. The first-order valence-electron chi connectivity index (χ1n) is 21.2. The first kappa shape index (κ1) is 30.4. The molecule has 3 atom stereocenters. The summed E-state index contributed by atoms with van der Waals surface area (Å²) in [5.74, 6) is -9.62. The van der Waals surface area contributed by atoms with Crippen LogP contribution in [0, 0.1) is 35.0 Å². The van der Waals surface area contributed by atoms with Crippen molar-refractivity contribution < 1.29 is 31.4 Å². The maximum atomic E-state index is 16.8. The standard InChI is InChI=1S/C52H26F5NO2/c1-59-4-5-60-3-2-58-14-23-22-12-20-10-17-8-18-7-15-6-16-9-19-11-21-13-52(23,51(58)44-46(53)48(55)50(57)49(56)47(44)54)45-30(21)35-29(19)34-25(16)24(15)32-28(18)33-26(17)27(20)36-31(22)43(45)42-40(35)38(34)37(32)39(33)41(36)42/h6-9,11,23,51H,2-5,10,12-14H2,1H3. The first-order chi connectivity index (χ1) is 29.3. The van der Waals surface area contributed by atoms with Gasteiger partial charge in [-0.3, -0.25) is 4.90 Å². The van der Waals surface area contributed by atoms with Crippen LogP contribution in [0.1, 0.15) is 34.7 Å². The van der Waals surface area contributed by atoms with Gasteiger partial charge in [0.25, 0.3) is 0 Å². The molecule has 60 heavy (non-hydrogen) atoms. The smallest absolute Gasteiger partial charge is 0.200 e. The van der Waals surface area contributed by atoms with Crippen LogP contribution >= 0.6 is 0 Å². The molecule has 1 saturated heterocycles. The van der Waals surface area contributed by atoms with Crippen LogP contribution < -0.4 is 10.4 Å². The predicted octanol–water partition coefficient (Wildman–Crippen LogP) is 10.4. The van der Waals surface area contributed by atoms with Crippen LogP contribution in [0.4, 0.5) is 22.0 Å². The minimum absolute atomic E-state index is 0.217. The maximum absolute atomic E-state index is 16.8. The Balaban J connectivity index is 1.11. The van der Waals surface area contributed by atoms with Gasteiger partial charge in [-0.25, -0.2) is 22.0 Å². The number of benzene rings is 9. The zero-order valence-electron chi connectivity index (χ0n) is 31.9. The molecule has 3 nitrogen and oxygen atoms in total. The van der Waals surface area contributed by atoms with Crippen LogP contribution in [0.15, 0.2) is 30.3 Å². The highest BCUT2D eigenvalue weighted by Gasteiger charge is 2.64. The fourth-order valence-electron chi connectivity index (χ4n) is 16.0. The lowest BCUT2D eigenvalue weighted by atomic mass is 9.60. The largest absolute Gasteiger partial charge is 0.382 e. The van der Waals surface area contributed by atoms with Crippen molar-refractivity contribution in [2.45, 2.75) is 30.7 Å². The minimum Gasteiger partial charge on any atom is -0.382 e. The van der Waals surface area contributed by atoms with E-state index in [4.69, 9.17) is 9.47 Å². The average molecular weight is 792 g/mol. The summed E-state index contributed by atoms with van der Waals surface area (Å²) >= 11 is 0. The van der Waals surface area contributed by atoms with Crippen LogP contribution in [0.2, 0.25) is 0 Å². The van der Waals surface area contributed by atoms with E-state index in [-0.39, 0.29) is 19.1 Å². The van der Waals surface area contributed by atoms with E-state index in [0.29, 0.717) is 26.2 Å². The molecule has 5 aliphatic rings. The summed E-state index contributed by atoms with van der Waals surface area (Å²) in [6, 6.07) is 10.8. The van der Waals surface area contributed by atoms with Gasteiger partial charge in [-0.1, -0.05) is 23.3 Å². The van der Waals surface area contributed by atoms with Gasteiger partial charge in [-0.2, -0.15) is 0 Å². The zero-order valence-corrected chi connectivity index (χ0v) is 31.9. The number of hydrogen-bond donors (Lipinski definition) is 0. The Morgan fingerprint density at radius 2 is 1.10 bits per heavy atom. The van der Waals surface area contributed by atoms with Crippen molar-refractivity contribution in [2.75, 3.05) is 40.0 Å². The van der Waals surface area contributed by atoms with E-state index in [1.807, 2.05) is 4.90 Å². The van der Waals surface area contributed by atoms with Crippen LogP contribution in [0.3, 0.4) is 0 Å². The number of hydrogen-bond acceptors (Lipinski definition) is 3. The van der Waals surface area contributed by atoms with E-state index < -0.39 is 46.1 Å². The predicted molar refractivity (Wildman–Crippen MR) is 226 cm³/mol. The molecule has 0 radical (unpaired) electrons. The van der Waals surface area contributed by atoms with Gasteiger partial charge in [0.05, 0.1) is 25.9 Å². The molecule has 8 heteroatoms. The second-order valence-electron chi connectivity index (χ2n) is 19.2. The van der Waals surface area contributed by atoms with Crippen molar-refractivity contribution >= 4 is 130 Å². The maximum Gasteiger partial charge on any atom is 0.200 e. The third-order valence-corrected chi connectivity index (χ3v) is 17.4. The summed E-state index contributed by atoms with van der Waals surface area (Å²) in [6.07, 6.45) is 1.99. The molecule has 0 aromatic heterocycles. The Labute approximate surface area is 333 Å². The van der Waals surface area contributed by atoms with E-state index in [1.165, 1.54) is 135 Å². The molecule has 1 spiro atoms. The molecule has 0 bridgehead atoms. The van der Waals surface area contributed by atoms with Crippen LogP contribution in [0.25, 0.3) is 130 Å². The highest BCUT2D eigenvalue weighted by molar-refractivity contribution is 6.63. The molecule has 13 aromatic carbocycles. The van der Waals surface area contributed by atoms with Gasteiger partial charge >= 0.3 is 0 Å². The second kappa shape index (κ2) is 8.73. The Morgan fingerprint density at radius 3 is 1.78 bits per heavy atom. The molecule has 286 valence electrons. The lowest BCUT2D eigenvalue weighted by molar-refractivity contribution is 0.0516. The average Bonchev–Trinajstić information content (AvgIpc) is 4.10. The molecule has 0 amide bonds. The highest BCUT2D eigenvalue weighted by atomic mass is 19.2. The van der Waals surface area contributed by atoms with Gasteiger partial charge in [-0.05, 0) is 183 Å². The van der Waals surface area contributed by atoms with Gasteiger partial charge in [0.1, 0.15) is 0 Å². The first-order valence-corrected chi connectivity index (χ1v) is 21.2. The summed E-state index contributed by atoms with van der Waals surface area (Å²) in [5, 5.41) is 31.3. The number of fused-ring (bicyclic) bond motifs is 1. The van der Waals surface area contributed by atoms with Gasteiger partial charge in [0.2, 0.25) is 5.82 Å². The second-order valence-corrected chi connectivity index (χ2v) is 19.2. The van der Waals surface area contributed by atoms with E-state index in [9.17, 15) is 4.39 Å². The summed E-state index contributed by atoms with van der Waals surface area (Å²) in [6.45, 7) is 1.58. The minimum atomic E-state index is -2.12. The Kier molecular flexibility index (Phi) is 4.42. The van der Waals surface area contributed by atoms with Crippen LogP contribution in [0.5, 0.6) is 0 Å². The number of likely N-dealkylation sites (tertiary alicyclic amines) is 1. The molecule has 4 aliphatic carbocycles. The van der Waals surface area contributed by atoms with E-state index in [2.05, 4.69) is 30.3 Å². The topological polar surface area (TPSA) is 21.7 Å². The van der Waals surface area contributed by atoms with Gasteiger partial charge in [0, 0.05) is 37.1 Å². The summed E-state index contributed by atoms with van der Waals surface area (Å²) in [4.78, 5) is 2.00. The number of ether oxygens (including phenoxy) is 2. The molecule has 13 aromatic rings. The van der Waals surface area contributed by atoms with Crippen LogP contribution in [-0.4, -0.2) is 44.9 Å². The molecule has 3 unspecified atom stereocenters. The number of rotatable bonds is 7. The molecule has 1 aliphatic heterocycles. The fraction of sp³-hybridized carbons (Fsp3) is 0.231. The lowest BCUT2D eigenvalue weighted by Gasteiger charge is -2.43. The molecule has 1 fully saturated rings. The normalized spacial score (nSPS) is 22.6. The number of nitrogens with zero attached hydrogens (tertiary/aromatic N) is 1. The van der Waals surface area contributed by atoms with E-state index >= 15 is 17.6 Å². The van der Waals surface area contributed by atoms with Crippen molar-refractivity contribution in [3.8, 4) is 0 Å². The quantitative estimate of drug-likeness (QED) is 0.0528. The molecule has 0 saturated carbocycles. The Hall–Kier alpha value is -5.67. The summed E-state index contributed by atoms with van der Waals surface area (Å²) in [7, 11) is 1.59. The van der Waals surface area contributed by atoms with E-state index in [0.717, 1.165) is 34.7 Å². The fourth-order valence-corrected chi connectivity index (χ4v) is 16.0. The number of halogens is 5. The third kappa shape index (κ3) is 2.55. The molecule has 0 N–H and O–H groups in total. The van der Waals surface area contributed by atoms with Crippen LogP contribution in [-0.2, 0) is 27.7 Å². The van der Waals surface area contributed by atoms with Crippen molar-refractivity contribution in [2.24, 2.45) is 5.92 Å². The molecular formula is C52H26F5NO2. The van der Waals surface area contributed by atoms with Crippen molar-refractivity contribution in [3.05, 3.63) is 92.1 Å². The molecule has 18 rings (SSSR count). The SMILES string of the molecule is COCCOCCN1CC2C3=c4c5c6c7c(cc8cc9cc%10cc%11cc%12c%13c(c4c4c5c5c7c8c7c9c%10c8c%11c%13c4c8c75)=C(C3)C%12)CC62C1c1c(F)c(F)c(F)c(F)c1F. The molecular weight excluding hydrogens is 766 g/mol. The van der Waals surface area contributed by atoms with Gasteiger partial charge < -0.3 is 9.47 Å². The number of methoxy groups -OCH3 is 1. The molecule has 1 heterocycles. The van der Waals surface area contributed by atoms with Crippen molar-refractivity contribution in [3.63, 3.8) is 0 Å². The Bertz CT molecular complexity index is 4310. The lowest BCUT2D eigenvalue weighted by Crippen LogP contribution is -2.44. The summed E-state index contributed by atoms with van der Waals surface area (Å²) in [5.41, 5.74) is 4.47. The van der Waals surface area contributed by atoms with Crippen molar-refractivity contribution in [1.82, 2.24) is 4.90 Å². The van der Waals surface area contributed by atoms with Crippen molar-refractivity contribution in [1.29, 1.82) is 0 Å². The Morgan fingerprint density at radius 1 is 0.550 bits per heavy atom. The monoisotopic (exact) mass is 791 g/mol. The zero-order chi connectivity index (χ0) is 39.0. The summed E-state index contributed by atoms with van der Waals surface area (Å²) < 4.78 is 91.1.